The molecular weight excluding hydrogens is 307 g/mol. The minimum Gasteiger partial charge on any atom is -0.308 e. The first-order valence-corrected chi connectivity index (χ1v) is 8.19. The average molecular weight is 319 g/mol. The van der Waals surface area contributed by atoms with Crippen LogP contribution in [-0.4, -0.2) is 31.9 Å². The van der Waals surface area contributed by atoms with E-state index in [-0.39, 0.29) is 35.4 Å². The maximum Gasteiger partial charge on any atom is 0.416 e. The highest BCUT2D eigenvalue weighted by Gasteiger charge is 2.49. The third-order valence-electron chi connectivity index (χ3n) is 3.93. The van der Waals surface area contributed by atoms with Gasteiger partial charge < -0.3 is 4.90 Å². The fourth-order valence-electron chi connectivity index (χ4n) is 3.06. The molecule has 0 radical (unpaired) electrons. The number of alkyl halides is 3. The van der Waals surface area contributed by atoms with Crippen LogP contribution in [0.3, 0.4) is 0 Å². The molecule has 2 aliphatic rings. The first-order valence-electron chi connectivity index (χ1n) is 6.37. The lowest BCUT2D eigenvalue weighted by molar-refractivity contribution is -0.137. The largest absolute Gasteiger partial charge is 0.416 e. The van der Waals surface area contributed by atoms with Gasteiger partial charge in [-0.3, -0.25) is 4.79 Å². The minimum absolute atomic E-state index is 0.0696. The average Bonchev–Trinajstić information content (AvgIpc) is 2.78. The number of amides is 1. The number of anilines is 1. The van der Waals surface area contributed by atoms with Gasteiger partial charge >= 0.3 is 6.18 Å². The summed E-state index contributed by atoms with van der Waals surface area (Å²) in [6.45, 7) is 0. The summed E-state index contributed by atoms with van der Waals surface area (Å²) in [6.07, 6.45) is -4.43. The van der Waals surface area contributed by atoms with E-state index in [2.05, 4.69) is 0 Å². The molecule has 2 atom stereocenters. The second-order valence-corrected chi connectivity index (χ2v) is 7.57. The zero-order chi connectivity index (χ0) is 15.4. The van der Waals surface area contributed by atoms with Crippen LogP contribution >= 0.6 is 0 Å². The Labute approximate surface area is 119 Å². The molecule has 4 nitrogen and oxygen atoms in total. The van der Waals surface area contributed by atoms with Crippen molar-refractivity contribution in [2.75, 3.05) is 16.4 Å². The molecule has 3 rings (SSSR count). The number of carbonyl (C=O) groups is 1. The van der Waals surface area contributed by atoms with Gasteiger partial charge in [0.1, 0.15) is 0 Å². The molecule has 0 unspecified atom stereocenters. The number of rotatable bonds is 1. The van der Waals surface area contributed by atoms with Gasteiger partial charge in [0.2, 0.25) is 5.91 Å². The Balaban J connectivity index is 1.98. The summed E-state index contributed by atoms with van der Waals surface area (Å²) < 4.78 is 61.5. The molecule has 0 bridgehead atoms. The van der Waals surface area contributed by atoms with Gasteiger partial charge in [-0.1, -0.05) is 6.07 Å². The molecule has 0 aliphatic carbocycles. The molecule has 2 aliphatic heterocycles. The van der Waals surface area contributed by atoms with Gasteiger partial charge in [-0.15, -0.1) is 0 Å². The molecule has 21 heavy (non-hydrogen) atoms. The van der Waals surface area contributed by atoms with E-state index in [1.165, 1.54) is 17.0 Å². The smallest absolute Gasteiger partial charge is 0.308 e. The third kappa shape index (κ3) is 2.52. The van der Waals surface area contributed by atoms with Crippen LogP contribution in [0.5, 0.6) is 0 Å². The van der Waals surface area contributed by atoms with Crippen molar-refractivity contribution >= 4 is 21.4 Å². The van der Waals surface area contributed by atoms with Crippen LogP contribution in [0.4, 0.5) is 18.9 Å². The molecule has 8 heteroatoms. The Hall–Kier alpha value is -1.57. The van der Waals surface area contributed by atoms with Crippen LogP contribution < -0.4 is 4.90 Å². The van der Waals surface area contributed by atoms with Crippen LogP contribution in [0, 0.1) is 5.92 Å². The molecule has 0 aromatic heterocycles. The third-order valence-corrected chi connectivity index (χ3v) is 5.71. The summed E-state index contributed by atoms with van der Waals surface area (Å²) in [6, 6.07) is 3.90. The number of halogens is 3. The van der Waals surface area contributed by atoms with Gasteiger partial charge in [0, 0.05) is 18.0 Å². The van der Waals surface area contributed by atoms with Crippen molar-refractivity contribution in [3.05, 3.63) is 29.8 Å². The Morgan fingerprint density at radius 3 is 2.57 bits per heavy atom. The van der Waals surface area contributed by atoms with E-state index in [0.717, 1.165) is 12.1 Å². The van der Waals surface area contributed by atoms with Gasteiger partial charge in [-0.25, -0.2) is 8.42 Å². The molecule has 114 valence electrons. The van der Waals surface area contributed by atoms with Crippen molar-refractivity contribution in [2.45, 2.75) is 18.6 Å². The number of fused-ring (bicyclic) bond motifs is 1. The lowest BCUT2D eigenvalue weighted by atomic mass is 10.0. The van der Waals surface area contributed by atoms with E-state index in [4.69, 9.17) is 0 Å². The van der Waals surface area contributed by atoms with Crippen molar-refractivity contribution in [1.29, 1.82) is 0 Å². The van der Waals surface area contributed by atoms with Crippen LogP contribution in [0.1, 0.15) is 12.0 Å². The van der Waals surface area contributed by atoms with Crippen LogP contribution in [0.25, 0.3) is 0 Å². The van der Waals surface area contributed by atoms with Gasteiger partial charge in [0.25, 0.3) is 0 Å². The van der Waals surface area contributed by atoms with E-state index in [1.807, 2.05) is 0 Å². The van der Waals surface area contributed by atoms with Crippen LogP contribution in [0.2, 0.25) is 0 Å². The lowest BCUT2D eigenvalue weighted by Crippen LogP contribution is -2.36. The number of benzene rings is 1. The summed E-state index contributed by atoms with van der Waals surface area (Å²) in [5.74, 6) is -0.894. The van der Waals surface area contributed by atoms with Gasteiger partial charge in [0.15, 0.2) is 9.84 Å². The van der Waals surface area contributed by atoms with Crippen molar-refractivity contribution in [3.63, 3.8) is 0 Å². The van der Waals surface area contributed by atoms with Crippen LogP contribution in [0.15, 0.2) is 24.3 Å². The Bertz CT molecular complexity index is 699. The van der Waals surface area contributed by atoms with Crippen molar-refractivity contribution in [3.8, 4) is 0 Å². The minimum atomic E-state index is -4.50. The predicted octanol–water partition coefficient (Wildman–Crippen LogP) is 1.86. The highest BCUT2D eigenvalue weighted by atomic mass is 32.2. The quantitative estimate of drug-likeness (QED) is 0.794. The van der Waals surface area contributed by atoms with Crippen molar-refractivity contribution < 1.29 is 26.4 Å². The molecule has 0 saturated carbocycles. The first kappa shape index (κ1) is 14.4. The van der Waals surface area contributed by atoms with E-state index < -0.39 is 27.6 Å². The Morgan fingerprint density at radius 1 is 1.19 bits per heavy atom. The topological polar surface area (TPSA) is 54.5 Å². The summed E-state index contributed by atoms with van der Waals surface area (Å²) in [5.41, 5.74) is -0.739. The fourth-order valence-corrected chi connectivity index (χ4v) is 5.13. The van der Waals surface area contributed by atoms with Gasteiger partial charge in [-0.05, 0) is 18.2 Å². The zero-order valence-corrected chi connectivity index (χ0v) is 11.6. The maximum absolute atomic E-state index is 12.7. The molecule has 1 aromatic rings. The van der Waals surface area contributed by atoms with E-state index in [9.17, 15) is 26.4 Å². The van der Waals surface area contributed by atoms with Crippen molar-refractivity contribution in [2.24, 2.45) is 5.92 Å². The number of hydrogen-bond donors (Lipinski definition) is 0. The number of nitrogens with zero attached hydrogens (tertiary/aromatic N) is 1. The van der Waals surface area contributed by atoms with Crippen LogP contribution in [-0.2, 0) is 20.8 Å². The monoisotopic (exact) mass is 319 g/mol. The predicted molar refractivity (Wildman–Crippen MR) is 69.5 cm³/mol. The summed E-state index contributed by atoms with van der Waals surface area (Å²) in [4.78, 5) is 13.2. The van der Waals surface area contributed by atoms with E-state index in [1.54, 1.807) is 0 Å². The van der Waals surface area contributed by atoms with Crippen molar-refractivity contribution in [1.82, 2.24) is 0 Å². The standard InChI is InChI=1S/C13H12F3NO3S/c14-13(15,16)9-2-1-3-10(5-9)17-11-7-21(19,20)6-8(11)4-12(17)18/h1-3,5,8,11H,4,6-7H2/t8-,11+/m1/s1. The SMILES string of the molecule is O=C1C[C@@H]2CS(=O)(=O)C[C@@H]2N1c1cccc(C(F)(F)F)c1. The molecule has 2 heterocycles. The molecule has 0 spiro atoms. The highest BCUT2D eigenvalue weighted by Crippen LogP contribution is 2.39. The summed E-state index contributed by atoms with van der Waals surface area (Å²) >= 11 is 0. The Morgan fingerprint density at radius 2 is 1.90 bits per heavy atom. The maximum atomic E-state index is 12.7. The Kier molecular flexibility index (Phi) is 3.05. The number of hydrogen-bond acceptors (Lipinski definition) is 3. The second kappa shape index (κ2) is 4.46. The second-order valence-electron chi connectivity index (χ2n) is 5.42. The summed E-state index contributed by atoms with van der Waals surface area (Å²) in [5, 5.41) is 0. The molecular formula is C13H12F3NO3S. The van der Waals surface area contributed by atoms with Gasteiger partial charge in [0.05, 0.1) is 23.1 Å². The number of carbonyl (C=O) groups excluding carboxylic acids is 1. The zero-order valence-electron chi connectivity index (χ0n) is 10.8. The molecule has 2 fully saturated rings. The molecule has 0 N–H and O–H groups in total. The molecule has 1 amide bonds. The number of sulfone groups is 1. The van der Waals surface area contributed by atoms with E-state index in [0.29, 0.717) is 0 Å². The fraction of sp³-hybridized carbons (Fsp3) is 0.462. The summed E-state index contributed by atoms with van der Waals surface area (Å²) in [7, 11) is -3.22. The highest BCUT2D eigenvalue weighted by molar-refractivity contribution is 7.91. The lowest BCUT2D eigenvalue weighted by Gasteiger charge is -2.24. The van der Waals surface area contributed by atoms with E-state index >= 15 is 0 Å². The normalized spacial score (nSPS) is 28.0. The molecule has 1 aromatic carbocycles. The van der Waals surface area contributed by atoms with Gasteiger partial charge in [-0.2, -0.15) is 13.2 Å². The first-order chi connectivity index (χ1) is 9.67. The molecule has 2 saturated heterocycles.